The molecule has 3 heterocycles. The zero-order valence-electron chi connectivity index (χ0n) is 21.6. The first-order valence-electron chi connectivity index (χ1n) is 13.5. The van der Waals surface area contributed by atoms with E-state index in [1.165, 1.54) is 13.2 Å². The van der Waals surface area contributed by atoms with Crippen molar-refractivity contribution < 1.29 is 27.8 Å². The number of hydrogen-bond acceptors (Lipinski definition) is 7. The van der Waals surface area contributed by atoms with E-state index in [4.69, 9.17) is 15.5 Å². The molecule has 12 heteroatoms. The number of nitrogens with one attached hydrogen (secondary N) is 1. The molecule has 1 aromatic carbocycles. The molecule has 208 valence electrons. The second kappa shape index (κ2) is 6.99. The number of ether oxygens (including phenoxy) is 1. The number of fused-ring (bicyclic) bond motifs is 1. The SMILES string of the molecule is COc1cc(C(=O)Nc2cc(C(F)(F)F)ccn2)ccc1-c1nc(C23C4C5C2C2C3C4C52CO)n2ccnc(N)c12. The van der Waals surface area contributed by atoms with Gasteiger partial charge in [-0.1, -0.05) is 0 Å². The molecule has 0 unspecified atom stereocenters. The van der Waals surface area contributed by atoms with Gasteiger partial charge < -0.3 is 20.9 Å². The lowest BCUT2D eigenvalue weighted by atomic mass is 8.92. The first-order chi connectivity index (χ1) is 19.7. The topological polar surface area (TPSA) is 128 Å². The molecule has 6 saturated carbocycles. The molecule has 41 heavy (non-hydrogen) atoms. The number of aliphatic hydroxyl groups excluding tert-OH is 1. The molecular formula is C29H23F3N6O3. The third kappa shape index (κ3) is 2.29. The van der Waals surface area contributed by atoms with Crippen LogP contribution in [0.4, 0.5) is 24.8 Å². The Morgan fingerprint density at radius 3 is 2.49 bits per heavy atom. The van der Waals surface area contributed by atoms with Gasteiger partial charge in [0.05, 0.1) is 12.7 Å². The summed E-state index contributed by atoms with van der Waals surface area (Å²) in [6.07, 6.45) is -0.0104. The Labute approximate surface area is 230 Å². The highest BCUT2D eigenvalue weighted by atomic mass is 19.4. The van der Waals surface area contributed by atoms with Crippen molar-refractivity contribution >= 4 is 23.1 Å². The van der Waals surface area contributed by atoms with Gasteiger partial charge in [0.2, 0.25) is 0 Å². The van der Waals surface area contributed by atoms with Crippen LogP contribution in [0.3, 0.4) is 0 Å². The van der Waals surface area contributed by atoms with E-state index in [-0.39, 0.29) is 28.8 Å². The van der Waals surface area contributed by atoms with Gasteiger partial charge in [-0.15, -0.1) is 0 Å². The number of carbonyl (C=O) groups excluding carboxylic acids is 1. The van der Waals surface area contributed by atoms with Crippen LogP contribution in [0.5, 0.6) is 5.75 Å². The largest absolute Gasteiger partial charge is 0.496 e. The quantitative estimate of drug-likeness (QED) is 0.329. The van der Waals surface area contributed by atoms with Crippen molar-refractivity contribution in [3.8, 4) is 17.0 Å². The number of anilines is 2. The summed E-state index contributed by atoms with van der Waals surface area (Å²) in [6, 6.07) is 6.40. The monoisotopic (exact) mass is 560 g/mol. The Kier molecular flexibility index (Phi) is 4.01. The first-order valence-corrected chi connectivity index (χ1v) is 13.5. The van der Waals surface area contributed by atoms with E-state index in [1.54, 1.807) is 18.3 Å². The van der Waals surface area contributed by atoms with Gasteiger partial charge in [-0.25, -0.2) is 15.0 Å². The average molecular weight is 561 g/mol. The van der Waals surface area contributed by atoms with Crippen LogP contribution in [0.15, 0.2) is 48.9 Å². The Morgan fingerprint density at radius 2 is 1.83 bits per heavy atom. The summed E-state index contributed by atoms with van der Waals surface area (Å²) >= 11 is 0. The number of hydrogen-bond donors (Lipinski definition) is 3. The predicted octanol–water partition coefficient (Wildman–Crippen LogP) is 3.63. The van der Waals surface area contributed by atoms with Gasteiger partial charge in [0.1, 0.15) is 34.4 Å². The van der Waals surface area contributed by atoms with Crippen LogP contribution >= 0.6 is 0 Å². The lowest BCUT2D eigenvalue weighted by Gasteiger charge is -3.11. The van der Waals surface area contributed by atoms with Crippen LogP contribution in [0.1, 0.15) is 21.7 Å². The van der Waals surface area contributed by atoms with E-state index in [0.29, 0.717) is 63.8 Å². The van der Waals surface area contributed by atoms with Crippen molar-refractivity contribution in [2.24, 2.45) is 40.9 Å². The minimum Gasteiger partial charge on any atom is -0.496 e. The highest BCUT2D eigenvalue weighted by Gasteiger charge is 3.10. The maximum atomic E-state index is 13.1. The van der Waals surface area contributed by atoms with Crippen LogP contribution < -0.4 is 15.8 Å². The smallest absolute Gasteiger partial charge is 0.416 e. The fraction of sp³-hybridized carbons (Fsp3) is 0.379. The molecule has 0 radical (unpaired) electrons. The summed E-state index contributed by atoms with van der Waals surface area (Å²) in [5.74, 6) is 4.27. The second-order valence-corrected chi connectivity index (χ2v) is 12.0. The van der Waals surface area contributed by atoms with Crippen molar-refractivity contribution in [2.45, 2.75) is 11.6 Å². The van der Waals surface area contributed by atoms with Crippen LogP contribution in [-0.2, 0) is 11.6 Å². The van der Waals surface area contributed by atoms with Gasteiger partial charge in [-0.3, -0.25) is 9.20 Å². The molecule has 9 nitrogen and oxygen atoms in total. The first kappa shape index (κ1) is 23.5. The van der Waals surface area contributed by atoms with E-state index in [0.717, 1.165) is 24.2 Å². The average Bonchev–Trinajstić information content (AvgIpc) is 3.36. The molecule has 3 aromatic heterocycles. The molecule has 0 saturated heterocycles. The van der Waals surface area contributed by atoms with Gasteiger partial charge in [-0.2, -0.15) is 13.2 Å². The number of amides is 1. The molecule has 6 aliphatic rings. The third-order valence-corrected chi connectivity index (χ3v) is 11.1. The van der Waals surface area contributed by atoms with E-state index < -0.39 is 17.6 Å². The molecular weight excluding hydrogens is 537 g/mol. The lowest BCUT2D eigenvalue weighted by Crippen LogP contribution is -3.11. The molecule has 0 atom stereocenters. The fourth-order valence-corrected chi connectivity index (χ4v) is 9.96. The number of nitrogens with zero attached hydrogens (tertiary/aromatic N) is 4. The molecule has 4 N–H and O–H groups in total. The number of nitrogen functional groups attached to an aromatic ring is 1. The van der Waals surface area contributed by atoms with Crippen LogP contribution in [0, 0.1) is 40.9 Å². The summed E-state index contributed by atoms with van der Waals surface area (Å²) in [5.41, 5.74) is 7.75. The zero-order chi connectivity index (χ0) is 28.2. The molecule has 10 rings (SSSR count). The summed E-state index contributed by atoms with van der Waals surface area (Å²) in [4.78, 5) is 26.3. The van der Waals surface area contributed by atoms with Crippen LogP contribution in [0.2, 0.25) is 0 Å². The van der Waals surface area contributed by atoms with Crippen molar-refractivity contribution in [1.82, 2.24) is 19.4 Å². The van der Waals surface area contributed by atoms with Crippen molar-refractivity contribution in [2.75, 3.05) is 24.8 Å². The number of nitrogens with two attached hydrogens (primary N) is 1. The molecule has 0 aliphatic heterocycles. The molecule has 0 spiro atoms. The number of rotatable bonds is 6. The van der Waals surface area contributed by atoms with E-state index in [1.807, 2.05) is 10.6 Å². The van der Waals surface area contributed by atoms with Gasteiger partial charge in [0.25, 0.3) is 5.91 Å². The molecule has 6 aliphatic carbocycles. The Morgan fingerprint density at radius 1 is 1.10 bits per heavy atom. The minimum atomic E-state index is -4.56. The van der Waals surface area contributed by atoms with Gasteiger partial charge >= 0.3 is 6.18 Å². The van der Waals surface area contributed by atoms with Crippen molar-refractivity contribution in [3.63, 3.8) is 0 Å². The zero-order valence-corrected chi connectivity index (χ0v) is 21.6. The predicted molar refractivity (Wildman–Crippen MR) is 139 cm³/mol. The van der Waals surface area contributed by atoms with Crippen molar-refractivity contribution in [3.05, 3.63) is 65.9 Å². The number of imidazole rings is 1. The van der Waals surface area contributed by atoms with Crippen LogP contribution in [-0.4, -0.2) is 44.1 Å². The number of aromatic nitrogens is 4. The Bertz CT molecular complexity index is 1800. The second-order valence-electron chi connectivity index (χ2n) is 12.0. The van der Waals surface area contributed by atoms with Gasteiger partial charge in [-0.05, 0) is 65.8 Å². The Balaban J connectivity index is 1.08. The number of aliphatic hydroxyl groups is 1. The standard InChI is InChI=1S/C29H23F3N6O3/c1-41-14-8-11(25(40)36-15-9-12(4-5-34-15)29(30,31)32)2-3-13(14)22-23-24(33)35-6-7-38(23)26(37-22)28-19-16-20(28)18-21(28)17(19)27(16,18)10-39/h2-9,16-21,39H,10H2,1H3,(H2,33,35)(H,34,36,40). The highest BCUT2D eigenvalue weighted by molar-refractivity contribution is 6.04. The van der Waals surface area contributed by atoms with E-state index in [2.05, 4.69) is 15.3 Å². The number of pyridine rings is 1. The number of benzene rings is 1. The van der Waals surface area contributed by atoms with E-state index >= 15 is 0 Å². The van der Waals surface area contributed by atoms with Gasteiger partial charge in [0.15, 0.2) is 0 Å². The van der Waals surface area contributed by atoms with E-state index in [9.17, 15) is 23.1 Å². The van der Waals surface area contributed by atoms with Crippen molar-refractivity contribution in [1.29, 1.82) is 0 Å². The van der Waals surface area contributed by atoms with Crippen LogP contribution in [0.25, 0.3) is 16.8 Å². The molecule has 1 amide bonds. The summed E-state index contributed by atoms with van der Waals surface area (Å²) in [7, 11) is 1.47. The maximum Gasteiger partial charge on any atom is 0.416 e. The summed E-state index contributed by atoms with van der Waals surface area (Å²) in [6.45, 7) is 0.290. The maximum absolute atomic E-state index is 13.1. The fourth-order valence-electron chi connectivity index (χ4n) is 9.96. The third-order valence-electron chi connectivity index (χ3n) is 11.1. The number of carbonyl (C=O) groups is 1. The number of methoxy groups -OCH3 is 1. The molecule has 4 aromatic rings. The lowest BCUT2D eigenvalue weighted by molar-refractivity contribution is -0.632. The summed E-state index contributed by atoms with van der Waals surface area (Å²) < 4.78 is 47.0. The summed E-state index contributed by atoms with van der Waals surface area (Å²) in [5, 5.41) is 12.5. The highest BCUT2D eigenvalue weighted by Crippen LogP contribution is 3.09. The minimum absolute atomic E-state index is 0.0247. The molecule has 0 bridgehead atoms. The Hall–Kier alpha value is -4.19. The normalized spacial score (nSPS) is 34.5. The number of alkyl halides is 3. The molecule has 6 fully saturated rings. The number of halogens is 3. The van der Waals surface area contributed by atoms with Gasteiger partial charge in [0, 0.05) is 47.2 Å².